The van der Waals surface area contributed by atoms with Crippen molar-refractivity contribution >= 4 is 16.8 Å². The van der Waals surface area contributed by atoms with Gasteiger partial charge in [0.25, 0.3) is 11.5 Å². The average molecular weight is 286 g/mol. The lowest BCUT2D eigenvalue weighted by Gasteiger charge is -2.20. The lowest BCUT2D eigenvalue weighted by Crippen LogP contribution is -2.34. The highest BCUT2D eigenvalue weighted by Gasteiger charge is 2.28. The summed E-state index contributed by atoms with van der Waals surface area (Å²) in [6.07, 6.45) is 2.35. The number of benzene rings is 1. The van der Waals surface area contributed by atoms with Gasteiger partial charge in [-0.1, -0.05) is 0 Å². The molecule has 1 aromatic heterocycles. The highest BCUT2D eigenvalue weighted by Crippen LogP contribution is 2.18. The SMILES string of the molecule is CN(C)C1CCN(C(=O)c2ccc3c(=O)[nH]cnc3c2)C1. The van der Waals surface area contributed by atoms with E-state index in [9.17, 15) is 9.59 Å². The second-order valence-corrected chi connectivity index (χ2v) is 5.62. The number of rotatable bonds is 2. The standard InChI is InChI=1S/C15H18N4O2/c1-18(2)11-5-6-19(8-11)15(21)10-3-4-12-13(7-10)16-9-17-14(12)20/h3-4,7,9,11H,5-6,8H2,1-2H3,(H,16,17,20). The van der Waals surface area contributed by atoms with Crippen LogP contribution in [0, 0.1) is 0 Å². The van der Waals surface area contributed by atoms with Crippen LogP contribution in [0.1, 0.15) is 16.8 Å². The Morgan fingerprint density at radius 2 is 2.24 bits per heavy atom. The summed E-state index contributed by atoms with van der Waals surface area (Å²) in [7, 11) is 4.07. The number of carbonyl (C=O) groups excluding carboxylic acids is 1. The fraction of sp³-hybridized carbons (Fsp3) is 0.400. The Hall–Kier alpha value is -2.21. The van der Waals surface area contributed by atoms with Crippen molar-refractivity contribution in [3.05, 3.63) is 40.4 Å². The molecule has 1 atom stereocenters. The fourth-order valence-electron chi connectivity index (χ4n) is 2.73. The van der Waals surface area contributed by atoms with E-state index in [1.54, 1.807) is 18.2 Å². The number of hydrogen-bond donors (Lipinski definition) is 1. The van der Waals surface area contributed by atoms with Crippen LogP contribution in [0.15, 0.2) is 29.3 Å². The third-order valence-electron chi connectivity index (χ3n) is 4.07. The van der Waals surface area contributed by atoms with Crippen molar-refractivity contribution in [3.8, 4) is 0 Å². The van der Waals surface area contributed by atoms with Gasteiger partial charge in [0.05, 0.1) is 17.2 Å². The van der Waals surface area contributed by atoms with Crippen LogP contribution in [0.3, 0.4) is 0 Å². The van der Waals surface area contributed by atoms with Crippen LogP contribution >= 0.6 is 0 Å². The lowest BCUT2D eigenvalue weighted by molar-refractivity contribution is 0.0783. The van der Waals surface area contributed by atoms with Gasteiger partial charge in [-0.2, -0.15) is 0 Å². The van der Waals surface area contributed by atoms with Gasteiger partial charge in [0, 0.05) is 24.7 Å². The van der Waals surface area contributed by atoms with Gasteiger partial charge in [0.2, 0.25) is 0 Å². The van der Waals surface area contributed by atoms with Gasteiger partial charge in [0.15, 0.2) is 0 Å². The third kappa shape index (κ3) is 2.54. The second-order valence-electron chi connectivity index (χ2n) is 5.62. The molecule has 0 spiro atoms. The van der Waals surface area contributed by atoms with Gasteiger partial charge >= 0.3 is 0 Å². The number of amides is 1. The van der Waals surface area contributed by atoms with Crippen molar-refractivity contribution in [1.82, 2.24) is 19.8 Å². The molecule has 6 nitrogen and oxygen atoms in total. The Bertz CT molecular complexity index is 738. The molecule has 1 aliphatic rings. The summed E-state index contributed by atoms with van der Waals surface area (Å²) in [5.74, 6) is 0.00308. The number of hydrogen-bond acceptors (Lipinski definition) is 4. The van der Waals surface area contributed by atoms with E-state index in [1.165, 1.54) is 6.33 Å². The first-order valence-electron chi connectivity index (χ1n) is 6.99. The fourth-order valence-corrected chi connectivity index (χ4v) is 2.73. The predicted octanol–water partition coefficient (Wildman–Crippen LogP) is 0.699. The lowest BCUT2D eigenvalue weighted by atomic mass is 10.1. The van der Waals surface area contributed by atoms with E-state index in [1.807, 2.05) is 19.0 Å². The van der Waals surface area contributed by atoms with Gasteiger partial charge in [-0.15, -0.1) is 0 Å². The van der Waals surface area contributed by atoms with E-state index in [-0.39, 0.29) is 11.5 Å². The minimum Gasteiger partial charge on any atom is -0.337 e. The number of nitrogens with one attached hydrogen (secondary N) is 1. The smallest absolute Gasteiger partial charge is 0.258 e. The molecule has 110 valence electrons. The van der Waals surface area contributed by atoms with Crippen molar-refractivity contribution in [2.24, 2.45) is 0 Å². The number of nitrogens with zero attached hydrogens (tertiary/aromatic N) is 3. The Labute approximate surface area is 122 Å². The van der Waals surface area contributed by atoms with Gasteiger partial charge in [-0.25, -0.2) is 4.98 Å². The van der Waals surface area contributed by atoms with E-state index in [0.29, 0.717) is 22.5 Å². The Morgan fingerprint density at radius 1 is 1.43 bits per heavy atom. The van der Waals surface area contributed by atoms with Gasteiger partial charge < -0.3 is 14.8 Å². The molecule has 2 heterocycles. The summed E-state index contributed by atoms with van der Waals surface area (Å²) in [5.41, 5.74) is 0.945. The van der Waals surface area contributed by atoms with Crippen LogP contribution in [-0.4, -0.2) is 58.9 Å². The van der Waals surface area contributed by atoms with E-state index >= 15 is 0 Å². The first-order valence-corrected chi connectivity index (χ1v) is 6.99. The Balaban J connectivity index is 1.87. The molecule has 0 aliphatic carbocycles. The summed E-state index contributed by atoms with van der Waals surface area (Å²) in [5, 5.41) is 0.502. The first kappa shape index (κ1) is 13.8. The molecule has 6 heteroatoms. The number of H-pyrrole nitrogens is 1. The van der Waals surface area contributed by atoms with Crippen molar-refractivity contribution < 1.29 is 4.79 Å². The molecule has 2 aromatic rings. The summed E-state index contributed by atoms with van der Waals surface area (Å²) in [6.45, 7) is 1.51. The third-order valence-corrected chi connectivity index (χ3v) is 4.07. The average Bonchev–Trinajstić information content (AvgIpc) is 2.96. The van der Waals surface area contributed by atoms with Crippen LogP contribution in [0.4, 0.5) is 0 Å². The zero-order chi connectivity index (χ0) is 15.0. The van der Waals surface area contributed by atoms with Crippen molar-refractivity contribution in [2.45, 2.75) is 12.5 Å². The largest absolute Gasteiger partial charge is 0.337 e. The van der Waals surface area contributed by atoms with Crippen LogP contribution in [0.2, 0.25) is 0 Å². The number of carbonyl (C=O) groups is 1. The minimum atomic E-state index is -0.187. The van der Waals surface area contributed by atoms with Gasteiger partial charge in [-0.3, -0.25) is 9.59 Å². The molecule has 1 aromatic carbocycles. The van der Waals surface area contributed by atoms with E-state index in [0.717, 1.165) is 19.5 Å². The molecule has 1 saturated heterocycles. The van der Waals surface area contributed by atoms with Crippen LogP contribution in [-0.2, 0) is 0 Å². The molecule has 1 amide bonds. The highest BCUT2D eigenvalue weighted by molar-refractivity contribution is 5.97. The molecule has 1 N–H and O–H groups in total. The first-order chi connectivity index (χ1) is 10.1. The van der Waals surface area contributed by atoms with E-state index < -0.39 is 0 Å². The molecular weight excluding hydrogens is 268 g/mol. The Morgan fingerprint density at radius 3 is 2.95 bits per heavy atom. The minimum absolute atomic E-state index is 0.00308. The van der Waals surface area contributed by atoms with Crippen molar-refractivity contribution in [3.63, 3.8) is 0 Å². The van der Waals surface area contributed by atoms with Gasteiger partial charge in [0.1, 0.15) is 0 Å². The van der Waals surface area contributed by atoms with Gasteiger partial charge in [-0.05, 0) is 38.7 Å². The molecule has 21 heavy (non-hydrogen) atoms. The molecule has 0 bridgehead atoms. The quantitative estimate of drug-likeness (QED) is 0.882. The topological polar surface area (TPSA) is 69.3 Å². The summed E-state index contributed by atoms with van der Waals surface area (Å²) < 4.78 is 0. The number of likely N-dealkylation sites (tertiary alicyclic amines) is 1. The molecular formula is C15H18N4O2. The number of aromatic nitrogens is 2. The van der Waals surface area contributed by atoms with Crippen LogP contribution < -0.4 is 5.56 Å². The van der Waals surface area contributed by atoms with Crippen LogP contribution in [0.5, 0.6) is 0 Å². The van der Waals surface area contributed by atoms with Crippen LogP contribution in [0.25, 0.3) is 10.9 Å². The maximum absolute atomic E-state index is 12.5. The molecule has 1 unspecified atom stereocenters. The van der Waals surface area contributed by atoms with Crippen molar-refractivity contribution in [1.29, 1.82) is 0 Å². The molecule has 3 rings (SSSR count). The highest BCUT2D eigenvalue weighted by atomic mass is 16.2. The molecule has 0 saturated carbocycles. The zero-order valence-electron chi connectivity index (χ0n) is 12.2. The summed E-state index contributed by atoms with van der Waals surface area (Å²) in [4.78, 5) is 34.8. The maximum atomic E-state index is 12.5. The van der Waals surface area contributed by atoms with E-state index in [2.05, 4.69) is 14.9 Å². The Kier molecular flexibility index (Phi) is 3.47. The summed E-state index contributed by atoms with van der Waals surface area (Å²) in [6, 6.07) is 5.46. The zero-order valence-corrected chi connectivity index (χ0v) is 12.2. The number of aromatic amines is 1. The van der Waals surface area contributed by atoms with E-state index in [4.69, 9.17) is 0 Å². The predicted molar refractivity (Wildman–Crippen MR) is 80.4 cm³/mol. The maximum Gasteiger partial charge on any atom is 0.258 e. The summed E-state index contributed by atoms with van der Waals surface area (Å²) >= 11 is 0. The normalized spacial score (nSPS) is 18.6. The molecule has 0 radical (unpaired) electrons. The number of likely N-dealkylation sites (N-methyl/N-ethyl adjacent to an activating group) is 1. The van der Waals surface area contributed by atoms with Crippen molar-refractivity contribution in [2.75, 3.05) is 27.2 Å². The molecule has 1 aliphatic heterocycles. The molecule has 1 fully saturated rings. The monoisotopic (exact) mass is 286 g/mol. The number of fused-ring (bicyclic) bond motifs is 1. The second kappa shape index (κ2) is 5.29.